The molecule has 0 saturated carbocycles. The van der Waals surface area contributed by atoms with Gasteiger partial charge in [0.1, 0.15) is 5.82 Å². The lowest BCUT2D eigenvalue weighted by molar-refractivity contribution is 0.280. The molecule has 0 saturated heterocycles. The molecule has 120 valence electrons. The standard InChI is InChI=1S/C16H25BrClFN2/c1-4-10-20-14(9-11-21(5-2)6-3)12-7-8-13(17)15(18)16(12)19/h7-8,14,20H,4-6,9-11H2,1-3H3. The monoisotopic (exact) mass is 378 g/mol. The third-order valence-corrected chi connectivity index (χ3v) is 4.97. The third-order valence-electron chi connectivity index (χ3n) is 3.71. The van der Waals surface area contributed by atoms with Gasteiger partial charge in [-0.2, -0.15) is 0 Å². The summed E-state index contributed by atoms with van der Waals surface area (Å²) in [6, 6.07) is 3.63. The van der Waals surface area contributed by atoms with E-state index in [9.17, 15) is 4.39 Å². The molecule has 0 aromatic heterocycles. The summed E-state index contributed by atoms with van der Waals surface area (Å²) in [5.41, 5.74) is 0.656. The van der Waals surface area contributed by atoms with Crippen molar-refractivity contribution in [2.24, 2.45) is 0 Å². The highest BCUT2D eigenvalue weighted by Gasteiger charge is 2.19. The first-order valence-corrected chi connectivity index (χ1v) is 8.81. The lowest BCUT2D eigenvalue weighted by Crippen LogP contribution is -2.30. The average Bonchev–Trinajstić information content (AvgIpc) is 2.49. The van der Waals surface area contributed by atoms with Gasteiger partial charge in [0.15, 0.2) is 0 Å². The van der Waals surface area contributed by atoms with E-state index in [1.54, 1.807) is 0 Å². The minimum atomic E-state index is -0.320. The minimum absolute atomic E-state index is 0.00356. The molecule has 1 rings (SSSR count). The van der Waals surface area contributed by atoms with Gasteiger partial charge in [-0.15, -0.1) is 0 Å². The van der Waals surface area contributed by atoms with Crippen molar-refractivity contribution in [3.63, 3.8) is 0 Å². The first kappa shape index (κ1) is 18.9. The molecule has 0 fully saturated rings. The van der Waals surface area contributed by atoms with Crippen LogP contribution in [0, 0.1) is 5.82 Å². The summed E-state index contributed by atoms with van der Waals surface area (Å²) in [4.78, 5) is 2.35. The molecular weight excluding hydrogens is 355 g/mol. The highest BCUT2D eigenvalue weighted by Crippen LogP contribution is 2.31. The SMILES string of the molecule is CCCNC(CCN(CC)CC)c1ccc(Br)c(Cl)c1F. The van der Waals surface area contributed by atoms with Crippen molar-refractivity contribution < 1.29 is 4.39 Å². The van der Waals surface area contributed by atoms with Crippen LogP contribution in [-0.4, -0.2) is 31.1 Å². The molecular formula is C16H25BrClFN2. The van der Waals surface area contributed by atoms with Crippen LogP contribution >= 0.6 is 27.5 Å². The number of rotatable bonds is 9. The van der Waals surface area contributed by atoms with Gasteiger partial charge in [0, 0.05) is 16.1 Å². The fourth-order valence-electron chi connectivity index (χ4n) is 2.35. The van der Waals surface area contributed by atoms with E-state index in [0.29, 0.717) is 10.0 Å². The molecule has 1 aromatic carbocycles. The number of halogens is 3. The Morgan fingerprint density at radius 1 is 1.29 bits per heavy atom. The van der Waals surface area contributed by atoms with Crippen LogP contribution in [0.5, 0.6) is 0 Å². The molecule has 1 unspecified atom stereocenters. The van der Waals surface area contributed by atoms with Gasteiger partial charge in [0.25, 0.3) is 0 Å². The van der Waals surface area contributed by atoms with Gasteiger partial charge in [-0.05, 0) is 61.0 Å². The van der Waals surface area contributed by atoms with E-state index in [1.807, 2.05) is 12.1 Å². The number of nitrogens with zero attached hydrogens (tertiary/aromatic N) is 1. The molecule has 0 aliphatic heterocycles. The molecule has 5 heteroatoms. The molecule has 0 radical (unpaired) electrons. The average molecular weight is 380 g/mol. The molecule has 0 spiro atoms. The largest absolute Gasteiger partial charge is 0.310 e. The van der Waals surface area contributed by atoms with Crippen LogP contribution in [0.25, 0.3) is 0 Å². The highest BCUT2D eigenvalue weighted by molar-refractivity contribution is 9.10. The summed E-state index contributed by atoms with van der Waals surface area (Å²) < 4.78 is 15.0. The quantitative estimate of drug-likeness (QED) is 0.606. The number of hydrogen-bond donors (Lipinski definition) is 1. The zero-order chi connectivity index (χ0) is 15.8. The summed E-state index contributed by atoms with van der Waals surface area (Å²) in [5, 5.41) is 3.60. The predicted molar refractivity (Wildman–Crippen MR) is 92.5 cm³/mol. The van der Waals surface area contributed by atoms with Gasteiger partial charge in [-0.3, -0.25) is 0 Å². The molecule has 1 N–H and O–H groups in total. The van der Waals surface area contributed by atoms with E-state index in [4.69, 9.17) is 11.6 Å². The van der Waals surface area contributed by atoms with E-state index in [0.717, 1.165) is 39.0 Å². The summed E-state index contributed by atoms with van der Waals surface area (Å²) >= 11 is 9.28. The Hall–Kier alpha value is -0.160. The molecule has 0 aliphatic rings. The van der Waals surface area contributed by atoms with Gasteiger partial charge < -0.3 is 10.2 Å². The molecule has 1 atom stereocenters. The van der Waals surface area contributed by atoms with E-state index >= 15 is 0 Å². The van der Waals surface area contributed by atoms with Crippen molar-refractivity contribution in [3.8, 4) is 0 Å². The van der Waals surface area contributed by atoms with Crippen LogP contribution in [0.4, 0.5) is 4.39 Å². The summed E-state index contributed by atoms with van der Waals surface area (Å²) in [6.07, 6.45) is 1.89. The highest BCUT2D eigenvalue weighted by atomic mass is 79.9. The van der Waals surface area contributed by atoms with Gasteiger partial charge >= 0.3 is 0 Å². The van der Waals surface area contributed by atoms with E-state index in [1.165, 1.54) is 0 Å². The van der Waals surface area contributed by atoms with Crippen LogP contribution in [0.15, 0.2) is 16.6 Å². The van der Waals surface area contributed by atoms with Crippen LogP contribution < -0.4 is 5.32 Å². The Balaban J connectivity index is 2.89. The zero-order valence-corrected chi connectivity index (χ0v) is 15.4. The topological polar surface area (TPSA) is 15.3 Å². The van der Waals surface area contributed by atoms with Crippen LogP contribution in [0.1, 0.15) is 45.2 Å². The fourth-order valence-corrected chi connectivity index (χ4v) is 2.83. The number of nitrogens with one attached hydrogen (secondary N) is 1. The van der Waals surface area contributed by atoms with Gasteiger partial charge in [0.2, 0.25) is 0 Å². The van der Waals surface area contributed by atoms with Crippen molar-refractivity contribution >= 4 is 27.5 Å². The van der Waals surface area contributed by atoms with E-state index < -0.39 is 0 Å². The minimum Gasteiger partial charge on any atom is -0.310 e. The number of benzene rings is 1. The molecule has 1 aromatic rings. The Morgan fingerprint density at radius 2 is 1.95 bits per heavy atom. The lowest BCUT2D eigenvalue weighted by Gasteiger charge is -2.24. The maximum Gasteiger partial charge on any atom is 0.147 e. The van der Waals surface area contributed by atoms with Crippen LogP contribution in [0.2, 0.25) is 5.02 Å². The number of hydrogen-bond acceptors (Lipinski definition) is 2. The van der Waals surface area contributed by atoms with E-state index in [-0.39, 0.29) is 16.9 Å². The summed E-state index contributed by atoms with van der Waals surface area (Å²) in [6.45, 7) is 10.3. The predicted octanol–water partition coefficient (Wildman–Crippen LogP) is 5.01. The van der Waals surface area contributed by atoms with Crippen molar-refractivity contribution in [1.29, 1.82) is 0 Å². The maximum absolute atomic E-state index is 14.4. The van der Waals surface area contributed by atoms with Crippen molar-refractivity contribution in [2.75, 3.05) is 26.2 Å². The van der Waals surface area contributed by atoms with Gasteiger partial charge in [0.05, 0.1) is 5.02 Å². The Labute approximate surface area is 141 Å². The first-order chi connectivity index (χ1) is 10.0. The zero-order valence-electron chi connectivity index (χ0n) is 13.1. The van der Waals surface area contributed by atoms with E-state index in [2.05, 4.69) is 46.9 Å². The molecule has 0 aliphatic carbocycles. The summed E-state index contributed by atoms with van der Waals surface area (Å²) in [5.74, 6) is -0.320. The van der Waals surface area contributed by atoms with Crippen molar-refractivity contribution in [2.45, 2.75) is 39.7 Å². The van der Waals surface area contributed by atoms with Gasteiger partial charge in [-0.25, -0.2) is 4.39 Å². The lowest BCUT2D eigenvalue weighted by atomic mass is 10.0. The second kappa shape index (κ2) is 9.78. The molecule has 0 heterocycles. The van der Waals surface area contributed by atoms with Crippen molar-refractivity contribution in [3.05, 3.63) is 33.0 Å². The van der Waals surface area contributed by atoms with Crippen LogP contribution in [-0.2, 0) is 0 Å². The molecule has 0 amide bonds. The second-order valence-electron chi connectivity index (χ2n) is 5.09. The molecule has 2 nitrogen and oxygen atoms in total. The Bertz CT molecular complexity index is 439. The molecule has 0 bridgehead atoms. The van der Waals surface area contributed by atoms with Crippen LogP contribution in [0.3, 0.4) is 0 Å². The normalized spacial score (nSPS) is 12.9. The third kappa shape index (κ3) is 5.51. The fraction of sp³-hybridized carbons (Fsp3) is 0.625. The van der Waals surface area contributed by atoms with Crippen molar-refractivity contribution in [1.82, 2.24) is 10.2 Å². The Morgan fingerprint density at radius 3 is 2.52 bits per heavy atom. The molecule has 21 heavy (non-hydrogen) atoms. The Kier molecular flexibility index (Phi) is 8.79. The first-order valence-electron chi connectivity index (χ1n) is 7.64. The summed E-state index contributed by atoms with van der Waals surface area (Å²) in [7, 11) is 0. The smallest absolute Gasteiger partial charge is 0.147 e. The van der Waals surface area contributed by atoms with Gasteiger partial charge in [-0.1, -0.05) is 38.4 Å². The maximum atomic E-state index is 14.4. The second-order valence-corrected chi connectivity index (χ2v) is 6.32.